The highest BCUT2D eigenvalue weighted by atomic mass is 16.5. The van der Waals surface area contributed by atoms with Gasteiger partial charge in [-0.2, -0.15) is 0 Å². The lowest BCUT2D eigenvalue weighted by molar-refractivity contribution is -0.132. The molecule has 0 N–H and O–H groups in total. The van der Waals surface area contributed by atoms with Crippen molar-refractivity contribution in [3.05, 3.63) is 72.3 Å². The largest absolute Gasteiger partial charge is 0.497 e. The van der Waals surface area contributed by atoms with E-state index in [0.717, 1.165) is 27.8 Å². The van der Waals surface area contributed by atoms with Crippen LogP contribution in [0.1, 0.15) is 5.56 Å². The van der Waals surface area contributed by atoms with Crippen LogP contribution in [0.15, 0.2) is 66.7 Å². The number of carbonyl (C=O) groups is 1. The van der Waals surface area contributed by atoms with E-state index in [2.05, 4.69) is 0 Å². The average Bonchev–Trinajstić information content (AvgIpc) is 2.66. The Kier molecular flexibility index (Phi) is 5.19. The number of fused-ring (bicyclic) bond motifs is 1. The van der Waals surface area contributed by atoms with Gasteiger partial charge < -0.3 is 14.4 Å². The van der Waals surface area contributed by atoms with Crippen LogP contribution in [0.5, 0.6) is 11.5 Å². The zero-order chi connectivity index (χ0) is 17.6. The number of ether oxygens (including phenoxy) is 2. The average molecular weight is 335 g/mol. The molecule has 3 aromatic rings. The second-order valence-corrected chi connectivity index (χ2v) is 5.86. The van der Waals surface area contributed by atoms with Crippen LogP contribution in [-0.2, 0) is 11.3 Å². The predicted molar refractivity (Wildman–Crippen MR) is 98.9 cm³/mol. The maximum absolute atomic E-state index is 12.4. The summed E-state index contributed by atoms with van der Waals surface area (Å²) in [4.78, 5) is 14.0. The van der Waals surface area contributed by atoms with Gasteiger partial charge in [0.25, 0.3) is 5.91 Å². The topological polar surface area (TPSA) is 38.8 Å². The van der Waals surface area contributed by atoms with Crippen molar-refractivity contribution in [2.45, 2.75) is 6.54 Å². The fraction of sp³-hybridized carbons (Fsp3) is 0.190. The first-order chi connectivity index (χ1) is 12.2. The first-order valence-corrected chi connectivity index (χ1v) is 8.15. The number of benzene rings is 3. The molecule has 0 bridgehead atoms. The van der Waals surface area contributed by atoms with Gasteiger partial charge in [-0.1, -0.05) is 48.5 Å². The van der Waals surface area contributed by atoms with Crippen molar-refractivity contribution in [3.8, 4) is 11.5 Å². The van der Waals surface area contributed by atoms with Crippen molar-refractivity contribution in [1.29, 1.82) is 0 Å². The Labute approximate surface area is 147 Å². The summed E-state index contributed by atoms with van der Waals surface area (Å²) < 4.78 is 10.9. The minimum Gasteiger partial charge on any atom is -0.497 e. The van der Waals surface area contributed by atoms with Crippen LogP contribution in [0.25, 0.3) is 10.8 Å². The molecule has 0 aliphatic carbocycles. The number of nitrogens with zero attached hydrogens (tertiary/aromatic N) is 1. The Morgan fingerprint density at radius 3 is 2.44 bits per heavy atom. The zero-order valence-electron chi connectivity index (χ0n) is 14.4. The van der Waals surface area contributed by atoms with E-state index < -0.39 is 0 Å². The van der Waals surface area contributed by atoms with E-state index in [1.54, 1.807) is 19.1 Å². The lowest BCUT2D eigenvalue weighted by Gasteiger charge is -2.18. The fourth-order valence-electron chi connectivity index (χ4n) is 2.66. The highest BCUT2D eigenvalue weighted by Crippen LogP contribution is 2.25. The third-order valence-electron chi connectivity index (χ3n) is 4.11. The molecule has 25 heavy (non-hydrogen) atoms. The van der Waals surface area contributed by atoms with Gasteiger partial charge in [0, 0.05) is 19.0 Å². The standard InChI is InChI=1S/C21H21NO3/c1-22(14-16-10-12-18(24-2)13-11-16)21(23)15-25-20-9-5-7-17-6-3-4-8-19(17)20/h3-13H,14-15H2,1-2H3. The molecule has 0 saturated carbocycles. The molecule has 0 unspecified atom stereocenters. The van der Waals surface area contributed by atoms with Gasteiger partial charge in [0.2, 0.25) is 0 Å². The molecule has 4 nitrogen and oxygen atoms in total. The van der Waals surface area contributed by atoms with Crippen LogP contribution >= 0.6 is 0 Å². The van der Waals surface area contributed by atoms with E-state index in [-0.39, 0.29) is 12.5 Å². The van der Waals surface area contributed by atoms with Crippen molar-refractivity contribution in [1.82, 2.24) is 4.90 Å². The molecule has 1 amide bonds. The van der Waals surface area contributed by atoms with E-state index >= 15 is 0 Å². The Bertz CT molecular complexity index is 853. The number of methoxy groups -OCH3 is 1. The van der Waals surface area contributed by atoms with E-state index in [9.17, 15) is 4.79 Å². The van der Waals surface area contributed by atoms with Gasteiger partial charge in [-0.15, -0.1) is 0 Å². The van der Waals surface area contributed by atoms with E-state index in [0.29, 0.717) is 6.54 Å². The minimum absolute atomic E-state index is 0.0145. The highest BCUT2D eigenvalue weighted by Gasteiger charge is 2.11. The molecule has 0 heterocycles. The third-order valence-corrected chi connectivity index (χ3v) is 4.11. The Morgan fingerprint density at radius 2 is 1.68 bits per heavy atom. The number of likely N-dealkylation sites (N-methyl/N-ethyl adjacent to an activating group) is 1. The Hall–Kier alpha value is -3.01. The van der Waals surface area contributed by atoms with Gasteiger partial charge in [0.05, 0.1) is 7.11 Å². The first-order valence-electron chi connectivity index (χ1n) is 8.15. The van der Waals surface area contributed by atoms with Crippen molar-refractivity contribution >= 4 is 16.7 Å². The molecule has 0 aromatic heterocycles. The number of hydrogen-bond donors (Lipinski definition) is 0. The molecular formula is C21H21NO3. The second kappa shape index (κ2) is 7.71. The van der Waals surface area contributed by atoms with Gasteiger partial charge in [-0.25, -0.2) is 0 Å². The van der Waals surface area contributed by atoms with E-state index in [4.69, 9.17) is 9.47 Å². The predicted octanol–water partition coefficient (Wildman–Crippen LogP) is 3.89. The van der Waals surface area contributed by atoms with Crippen LogP contribution < -0.4 is 9.47 Å². The van der Waals surface area contributed by atoms with Crippen molar-refractivity contribution in [2.24, 2.45) is 0 Å². The summed E-state index contributed by atoms with van der Waals surface area (Å²) >= 11 is 0. The quantitative estimate of drug-likeness (QED) is 0.686. The number of amides is 1. The second-order valence-electron chi connectivity index (χ2n) is 5.86. The van der Waals surface area contributed by atoms with Crippen molar-refractivity contribution in [3.63, 3.8) is 0 Å². The van der Waals surface area contributed by atoms with Gasteiger partial charge in [-0.3, -0.25) is 4.79 Å². The zero-order valence-corrected chi connectivity index (χ0v) is 14.4. The maximum atomic E-state index is 12.4. The summed E-state index contributed by atoms with van der Waals surface area (Å²) in [5, 5.41) is 2.11. The molecule has 0 aliphatic rings. The van der Waals surface area contributed by atoms with Gasteiger partial charge in [0.15, 0.2) is 6.61 Å². The van der Waals surface area contributed by atoms with Gasteiger partial charge in [0.1, 0.15) is 11.5 Å². The molecule has 4 heteroatoms. The van der Waals surface area contributed by atoms with Gasteiger partial charge in [-0.05, 0) is 29.1 Å². The molecule has 0 atom stereocenters. The van der Waals surface area contributed by atoms with E-state index in [1.165, 1.54) is 0 Å². The molecule has 0 aliphatic heterocycles. The van der Waals surface area contributed by atoms with Crippen LogP contribution in [0.3, 0.4) is 0 Å². The van der Waals surface area contributed by atoms with Crippen LogP contribution in [0, 0.1) is 0 Å². The molecule has 0 fully saturated rings. The van der Waals surface area contributed by atoms with Gasteiger partial charge >= 0.3 is 0 Å². The number of carbonyl (C=O) groups excluding carboxylic acids is 1. The summed E-state index contributed by atoms with van der Waals surface area (Å²) in [6, 6.07) is 21.5. The third kappa shape index (κ3) is 4.10. The molecule has 3 aromatic carbocycles. The van der Waals surface area contributed by atoms with Crippen LogP contribution in [0.4, 0.5) is 0 Å². The lowest BCUT2D eigenvalue weighted by atomic mass is 10.1. The lowest BCUT2D eigenvalue weighted by Crippen LogP contribution is -2.30. The minimum atomic E-state index is -0.0660. The monoisotopic (exact) mass is 335 g/mol. The first kappa shape index (κ1) is 16.8. The van der Waals surface area contributed by atoms with Crippen LogP contribution in [-0.4, -0.2) is 31.6 Å². The van der Waals surface area contributed by atoms with Crippen LogP contribution in [0.2, 0.25) is 0 Å². The summed E-state index contributed by atoms with van der Waals surface area (Å²) in [7, 11) is 3.41. The normalized spacial score (nSPS) is 10.5. The maximum Gasteiger partial charge on any atom is 0.260 e. The summed E-state index contributed by atoms with van der Waals surface area (Å²) in [5.74, 6) is 1.46. The molecule has 128 valence electrons. The smallest absolute Gasteiger partial charge is 0.260 e. The Balaban J connectivity index is 1.61. The molecule has 0 spiro atoms. The molecular weight excluding hydrogens is 314 g/mol. The SMILES string of the molecule is COc1ccc(CN(C)C(=O)COc2cccc3ccccc23)cc1. The summed E-state index contributed by atoms with van der Waals surface area (Å²) in [6.07, 6.45) is 0. The highest BCUT2D eigenvalue weighted by molar-refractivity contribution is 5.88. The number of rotatable bonds is 6. The Morgan fingerprint density at radius 1 is 0.960 bits per heavy atom. The fourth-order valence-corrected chi connectivity index (χ4v) is 2.66. The molecule has 0 saturated heterocycles. The van der Waals surface area contributed by atoms with Crippen molar-refractivity contribution in [2.75, 3.05) is 20.8 Å². The van der Waals surface area contributed by atoms with E-state index in [1.807, 2.05) is 66.7 Å². The summed E-state index contributed by atoms with van der Waals surface area (Å²) in [6.45, 7) is 0.544. The van der Waals surface area contributed by atoms with Crippen molar-refractivity contribution < 1.29 is 14.3 Å². The molecule has 3 rings (SSSR count). The number of hydrogen-bond acceptors (Lipinski definition) is 3. The summed E-state index contributed by atoms with van der Waals surface area (Å²) in [5.41, 5.74) is 1.04. The molecule has 0 radical (unpaired) electrons.